The molecule has 1 fully saturated rings. The third kappa shape index (κ3) is 3.23. The summed E-state index contributed by atoms with van der Waals surface area (Å²) in [6.45, 7) is 2.56. The van der Waals surface area contributed by atoms with Crippen molar-refractivity contribution >= 4 is 11.9 Å². The largest absolute Gasteiger partial charge is 0.481 e. The highest BCUT2D eigenvalue weighted by Gasteiger charge is 2.32. The number of likely N-dealkylation sites (tertiary alicyclic amines) is 1. The zero-order valence-corrected chi connectivity index (χ0v) is 12.8. The predicted molar refractivity (Wildman–Crippen MR) is 82.4 cm³/mol. The van der Waals surface area contributed by atoms with Gasteiger partial charge in [-0.15, -0.1) is 5.10 Å². The van der Waals surface area contributed by atoms with Gasteiger partial charge in [-0.3, -0.25) is 9.59 Å². The van der Waals surface area contributed by atoms with Crippen molar-refractivity contribution in [2.75, 3.05) is 6.54 Å². The minimum atomic E-state index is -0.891. The van der Waals surface area contributed by atoms with E-state index in [1.54, 1.807) is 15.8 Å². The molecule has 120 valence electrons. The maximum absolute atomic E-state index is 12.6. The first-order chi connectivity index (χ1) is 11.0. The van der Waals surface area contributed by atoms with E-state index in [1.165, 1.54) is 0 Å². The Morgan fingerprint density at radius 1 is 1.30 bits per heavy atom. The quantitative estimate of drug-likeness (QED) is 0.927. The van der Waals surface area contributed by atoms with Crippen molar-refractivity contribution in [3.63, 3.8) is 0 Å². The number of carbonyl (C=O) groups excluding carboxylic acids is 1. The fourth-order valence-electron chi connectivity index (χ4n) is 2.85. The summed E-state index contributed by atoms with van der Waals surface area (Å²) in [5.41, 5.74) is 2.20. The zero-order valence-electron chi connectivity index (χ0n) is 12.8. The molecule has 1 aliphatic heterocycles. The van der Waals surface area contributed by atoms with Gasteiger partial charge in [0.15, 0.2) is 5.69 Å². The van der Waals surface area contributed by atoms with Crippen LogP contribution >= 0.6 is 0 Å². The number of hydrogen-bond donors (Lipinski definition) is 1. The number of rotatable bonds is 4. The van der Waals surface area contributed by atoms with Gasteiger partial charge in [0.05, 0.1) is 18.3 Å². The highest BCUT2D eigenvalue weighted by Crippen LogP contribution is 2.22. The molecule has 0 bridgehead atoms. The van der Waals surface area contributed by atoms with Crippen molar-refractivity contribution in [2.24, 2.45) is 0 Å². The number of carboxylic acids is 1. The van der Waals surface area contributed by atoms with E-state index in [1.807, 2.05) is 31.2 Å². The first-order valence-corrected chi connectivity index (χ1v) is 7.57. The van der Waals surface area contributed by atoms with Crippen LogP contribution in [0.2, 0.25) is 0 Å². The lowest BCUT2D eigenvalue weighted by molar-refractivity contribution is -0.137. The van der Waals surface area contributed by atoms with Crippen LogP contribution in [0.3, 0.4) is 0 Å². The molecule has 23 heavy (non-hydrogen) atoms. The summed E-state index contributed by atoms with van der Waals surface area (Å²) in [7, 11) is 0. The lowest BCUT2D eigenvalue weighted by atomic mass is 10.1. The number of aryl methyl sites for hydroxylation is 1. The Morgan fingerprint density at radius 2 is 2.04 bits per heavy atom. The fourth-order valence-corrected chi connectivity index (χ4v) is 2.85. The highest BCUT2D eigenvalue weighted by atomic mass is 16.4. The monoisotopic (exact) mass is 314 g/mol. The molecule has 1 aliphatic rings. The van der Waals surface area contributed by atoms with Crippen molar-refractivity contribution in [3.8, 4) is 5.69 Å². The number of benzene rings is 1. The number of carbonyl (C=O) groups is 2. The molecule has 1 aromatic carbocycles. The van der Waals surface area contributed by atoms with E-state index in [0.29, 0.717) is 13.0 Å². The van der Waals surface area contributed by atoms with Crippen LogP contribution < -0.4 is 0 Å². The van der Waals surface area contributed by atoms with Gasteiger partial charge in [-0.05, 0) is 31.9 Å². The van der Waals surface area contributed by atoms with Gasteiger partial charge >= 0.3 is 5.97 Å². The molecule has 1 amide bonds. The minimum Gasteiger partial charge on any atom is -0.481 e. The predicted octanol–water partition coefficient (Wildman–Crippen LogP) is 1.66. The van der Waals surface area contributed by atoms with Gasteiger partial charge in [0.25, 0.3) is 5.91 Å². The van der Waals surface area contributed by atoms with Gasteiger partial charge in [-0.2, -0.15) is 0 Å². The summed E-state index contributed by atoms with van der Waals surface area (Å²) in [6, 6.07) is 7.47. The summed E-state index contributed by atoms with van der Waals surface area (Å²) in [5, 5.41) is 16.9. The van der Waals surface area contributed by atoms with Crippen molar-refractivity contribution in [2.45, 2.75) is 32.2 Å². The molecule has 2 aromatic rings. The van der Waals surface area contributed by atoms with Gasteiger partial charge in [0.1, 0.15) is 0 Å². The second kappa shape index (κ2) is 6.20. The second-order valence-corrected chi connectivity index (χ2v) is 5.78. The summed E-state index contributed by atoms with van der Waals surface area (Å²) < 4.78 is 1.55. The van der Waals surface area contributed by atoms with E-state index in [2.05, 4.69) is 10.3 Å². The number of carboxylic acid groups (broad SMARTS) is 1. The molecule has 0 saturated carbocycles. The Bertz CT molecular complexity index is 723. The summed E-state index contributed by atoms with van der Waals surface area (Å²) >= 11 is 0. The molecule has 7 heteroatoms. The topological polar surface area (TPSA) is 88.3 Å². The number of amides is 1. The Morgan fingerprint density at radius 3 is 2.74 bits per heavy atom. The van der Waals surface area contributed by atoms with Crippen LogP contribution in [0.25, 0.3) is 5.69 Å². The van der Waals surface area contributed by atoms with Crippen LogP contribution in [0.5, 0.6) is 0 Å². The molecule has 0 aliphatic carbocycles. The van der Waals surface area contributed by atoms with Gasteiger partial charge in [-0.1, -0.05) is 22.9 Å². The lowest BCUT2D eigenvalue weighted by Crippen LogP contribution is -2.37. The van der Waals surface area contributed by atoms with E-state index < -0.39 is 5.97 Å². The maximum Gasteiger partial charge on any atom is 0.305 e. The fraction of sp³-hybridized carbons (Fsp3) is 0.375. The third-order valence-electron chi connectivity index (χ3n) is 4.06. The van der Waals surface area contributed by atoms with Crippen LogP contribution in [0, 0.1) is 6.92 Å². The van der Waals surface area contributed by atoms with E-state index in [9.17, 15) is 9.59 Å². The molecule has 7 nitrogen and oxygen atoms in total. The number of nitrogens with zero attached hydrogens (tertiary/aromatic N) is 4. The van der Waals surface area contributed by atoms with Crippen LogP contribution in [-0.2, 0) is 4.79 Å². The Labute approximate surface area is 133 Å². The van der Waals surface area contributed by atoms with E-state index in [-0.39, 0.29) is 24.1 Å². The zero-order chi connectivity index (χ0) is 16.4. The molecule has 1 atom stereocenters. The lowest BCUT2D eigenvalue weighted by Gasteiger charge is -2.22. The SMILES string of the molecule is Cc1ccc(-n2cc(C(=O)N3CCCC3CC(=O)O)nn2)cc1. The second-order valence-electron chi connectivity index (χ2n) is 5.78. The molecule has 1 saturated heterocycles. The number of aliphatic carboxylic acids is 1. The number of aromatic nitrogens is 3. The maximum atomic E-state index is 12.6. The average Bonchev–Trinajstić information content (AvgIpc) is 3.16. The summed E-state index contributed by atoms with van der Waals surface area (Å²) in [4.78, 5) is 25.1. The van der Waals surface area contributed by atoms with Gasteiger partial charge in [-0.25, -0.2) is 4.68 Å². The van der Waals surface area contributed by atoms with Crippen LogP contribution in [0.15, 0.2) is 30.5 Å². The molecule has 3 rings (SSSR count). The van der Waals surface area contributed by atoms with E-state index in [4.69, 9.17) is 5.11 Å². The van der Waals surface area contributed by atoms with Crippen LogP contribution in [-0.4, -0.2) is 49.5 Å². The molecule has 0 spiro atoms. The summed E-state index contributed by atoms with van der Waals surface area (Å²) in [6.07, 6.45) is 3.08. The molecular weight excluding hydrogens is 296 g/mol. The Balaban J connectivity index is 1.78. The molecule has 1 N–H and O–H groups in total. The molecular formula is C16H18N4O3. The van der Waals surface area contributed by atoms with Crippen molar-refractivity contribution in [1.29, 1.82) is 0 Å². The number of hydrogen-bond acceptors (Lipinski definition) is 4. The summed E-state index contributed by atoms with van der Waals surface area (Å²) in [5.74, 6) is -1.15. The van der Waals surface area contributed by atoms with Crippen LogP contribution in [0.1, 0.15) is 35.3 Å². The van der Waals surface area contributed by atoms with Gasteiger partial charge in [0.2, 0.25) is 0 Å². The van der Waals surface area contributed by atoms with E-state index in [0.717, 1.165) is 17.7 Å². The smallest absolute Gasteiger partial charge is 0.305 e. The van der Waals surface area contributed by atoms with Gasteiger partial charge in [0, 0.05) is 12.6 Å². The van der Waals surface area contributed by atoms with Crippen LogP contribution in [0.4, 0.5) is 0 Å². The highest BCUT2D eigenvalue weighted by molar-refractivity contribution is 5.92. The Kier molecular flexibility index (Phi) is 4.10. The molecule has 1 unspecified atom stereocenters. The average molecular weight is 314 g/mol. The Hall–Kier alpha value is -2.70. The molecule has 1 aromatic heterocycles. The van der Waals surface area contributed by atoms with Crippen molar-refractivity contribution in [1.82, 2.24) is 19.9 Å². The standard InChI is InChI=1S/C16H18N4O3/c1-11-4-6-12(7-5-11)20-10-14(17-18-20)16(23)19-8-2-3-13(19)9-15(21)22/h4-7,10,13H,2-3,8-9H2,1H3,(H,21,22). The minimum absolute atomic E-state index is 0.0299. The first kappa shape index (κ1) is 15.2. The van der Waals surface area contributed by atoms with Gasteiger partial charge < -0.3 is 10.0 Å². The normalized spacial score (nSPS) is 17.4. The van der Waals surface area contributed by atoms with Crippen molar-refractivity contribution < 1.29 is 14.7 Å². The molecule has 2 heterocycles. The molecule has 0 radical (unpaired) electrons. The first-order valence-electron chi connectivity index (χ1n) is 7.57. The van der Waals surface area contributed by atoms with E-state index >= 15 is 0 Å². The third-order valence-corrected chi connectivity index (χ3v) is 4.06. The van der Waals surface area contributed by atoms with Crippen molar-refractivity contribution in [3.05, 3.63) is 41.7 Å².